The SMILES string of the molecule is CCN(CC)CCC=Nc1cc(O)c2ccccc2c1O. The molecular formula is C17H22N2O2. The van der Waals surface area contributed by atoms with Crippen LogP contribution >= 0.6 is 0 Å². The molecule has 0 saturated heterocycles. The minimum Gasteiger partial charge on any atom is -0.507 e. The van der Waals surface area contributed by atoms with E-state index in [0.29, 0.717) is 16.5 Å². The quantitative estimate of drug-likeness (QED) is 0.629. The van der Waals surface area contributed by atoms with Crippen LogP contribution in [-0.2, 0) is 0 Å². The molecule has 0 saturated carbocycles. The van der Waals surface area contributed by atoms with Gasteiger partial charge < -0.3 is 15.1 Å². The maximum atomic E-state index is 10.2. The van der Waals surface area contributed by atoms with E-state index in [2.05, 4.69) is 23.7 Å². The zero-order valence-corrected chi connectivity index (χ0v) is 12.6. The summed E-state index contributed by atoms with van der Waals surface area (Å²) in [4.78, 5) is 6.60. The predicted molar refractivity (Wildman–Crippen MR) is 87.8 cm³/mol. The van der Waals surface area contributed by atoms with Gasteiger partial charge in [-0.15, -0.1) is 0 Å². The molecule has 2 aromatic rings. The van der Waals surface area contributed by atoms with Crippen molar-refractivity contribution in [3.8, 4) is 11.5 Å². The van der Waals surface area contributed by atoms with E-state index in [9.17, 15) is 10.2 Å². The second kappa shape index (κ2) is 7.09. The summed E-state index contributed by atoms with van der Waals surface area (Å²) in [6.45, 7) is 7.25. The molecule has 2 aromatic carbocycles. The molecule has 2 rings (SSSR count). The Morgan fingerprint density at radius 2 is 1.76 bits per heavy atom. The van der Waals surface area contributed by atoms with Crippen LogP contribution in [-0.4, -0.2) is 41.0 Å². The number of aromatic hydroxyl groups is 2. The Morgan fingerprint density at radius 3 is 2.43 bits per heavy atom. The Balaban J connectivity index is 2.17. The molecule has 4 nitrogen and oxygen atoms in total. The van der Waals surface area contributed by atoms with Crippen molar-refractivity contribution in [3.63, 3.8) is 0 Å². The van der Waals surface area contributed by atoms with Crippen LogP contribution in [0.3, 0.4) is 0 Å². The van der Waals surface area contributed by atoms with Gasteiger partial charge in [0.05, 0.1) is 0 Å². The first-order valence-electron chi connectivity index (χ1n) is 7.35. The first-order chi connectivity index (χ1) is 10.2. The van der Waals surface area contributed by atoms with Gasteiger partial charge in [-0.05, 0) is 19.5 Å². The van der Waals surface area contributed by atoms with Crippen LogP contribution in [0.25, 0.3) is 10.8 Å². The molecule has 0 radical (unpaired) electrons. The highest BCUT2D eigenvalue weighted by Gasteiger charge is 2.09. The van der Waals surface area contributed by atoms with Gasteiger partial charge >= 0.3 is 0 Å². The van der Waals surface area contributed by atoms with Crippen LogP contribution < -0.4 is 0 Å². The van der Waals surface area contributed by atoms with Crippen LogP contribution in [0, 0.1) is 0 Å². The average Bonchev–Trinajstić information content (AvgIpc) is 2.52. The molecule has 0 amide bonds. The molecule has 0 aliphatic carbocycles. The van der Waals surface area contributed by atoms with Gasteiger partial charge in [-0.25, -0.2) is 0 Å². The van der Waals surface area contributed by atoms with E-state index in [1.54, 1.807) is 18.3 Å². The van der Waals surface area contributed by atoms with Crippen LogP contribution in [0.15, 0.2) is 35.3 Å². The third-order valence-electron chi connectivity index (χ3n) is 3.67. The normalized spacial score (nSPS) is 11.8. The maximum absolute atomic E-state index is 10.2. The minimum absolute atomic E-state index is 0.113. The Bertz CT molecular complexity index is 634. The Kier molecular flexibility index (Phi) is 5.17. The maximum Gasteiger partial charge on any atom is 0.149 e. The predicted octanol–water partition coefficient (Wildman–Crippen LogP) is 3.69. The number of aliphatic imine (C=N–C) groups is 1. The summed E-state index contributed by atoms with van der Waals surface area (Å²) in [5.74, 6) is 0.252. The van der Waals surface area contributed by atoms with E-state index >= 15 is 0 Å². The van der Waals surface area contributed by atoms with Gasteiger partial charge in [0.2, 0.25) is 0 Å². The molecule has 21 heavy (non-hydrogen) atoms. The zero-order chi connectivity index (χ0) is 15.2. The summed E-state index contributed by atoms with van der Waals surface area (Å²) >= 11 is 0. The molecule has 4 heteroatoms. The lowest BCUT2D eigenvalue weighted by Gasteiger charge is -2.16. The van der Waals surface area contributed by atoms with Crippen molar-refractivity contribution >= 4 is 22.7 Å². The number of hydrogen-bond acceptors (Lipinski definition) is 4. The van der Waals surface area contributed by atoms with Gasteiger partial charge in [-0.2, -0.15) is 0 Å². The highest BCUT2D eigenvalue weighted by molar-refractivity contribution is 5.97. The Morgan fingerprint density at radius 1 is 1.10 bits per heavy atom. The van der Waals surface area contributed by atoms with Crippen molar-refractivity contribution in [1.82, 2.24) is 4.90 Å². The van der Waals surface area contributed by atoms with Crippen molar-refractivity contribution < 1.29 is 10.2 Å². The number of benzene rings is 2. The molecule has 0 aromatic heterocycles. The van der Waals surface area contributed by atoms with Crippen LogP contribution in [0.2, 0.25) is 0 Å². The lowest BCUT2D eigenvalue weighted by Crippen LogP contribution is -2.24. The largest absolute Gasteiger partial charge is 0.507 e. The summed E-state index contributed by atoms with van der Waals surface area (Å²) < 4.78 is 0. The average molecular weight is 286 g/mol. The van der Waals surface area contributed by atoms with Crippen molar-refractivity contribution in [2.75, 3.05) is 19.6 Å². The van der Waals surface area contributed by atoms with Crippen molar-refractivity contribution in [1.29, 1.82) is 0 Å². The van der Waals surface area contributed by atoms with Gasteiger partial charge in [0.25, 0.3) is 0 Å². The fraction of sp³-hybridized carbons (Fsp3) is 0.353. The summed E-state index contributed by atoms with van der Waals surface area (Å²) in [5.41, 5.74) is 0.408. The monoisotopic (exact) mass is 286 g/mol. The first-order valence-corrected chi connectivity index (χ1v) is 7.35. The van der Waals surface area contributed by atoms with Crippen molar-refractivity contribution in [3.05, 3.63) is 30.3 Å². The first kappa shape index (κ1) is 15.3. The van der Waals surface area contributed by atoms with E-state index in [0.717, 1.165) is 26.1 Å². The summed E-state index contributed by atoms with van der Waals surface area (Å²) in [6, 6.07) is 8.72. The number of phenolic OH excluding ortho intramolecular Hbond substituents is 2. The molecule has 112 valence electrons. The molecule has 0 heterocycles. The smallest absolute Gasteiger partial charge is 0.149 e. The molecule has 0 fully saturated rings. The van der Waals surface area contributed by atoms with E-state index < -0.39 is 0 Å². The standard InChI is InChI=1S/C17H22N2O2/c1-3-19(4-2)11-7-10-18-15-12-16(20)13-8-5-6-9-14(13)17(15)21/h5-6,8-10,12,20-21H,3-4,7,11H2,1-2H3. The van der Waals surface area contributed by atoms with Gasteiger partial charge in [0.1, 0.15) is 17.2 Å². The molecule has 0 bridgehead atoms. The number of nitrogens with zero attached hydrogens (tertiary/aromatic N) is 2. The fourth-order valence-electron chi connectivity index (χ4n) is 2.37. The number of fused-ring (bicyclic) bond motifs is 1. The van der Waals surface area contributed by atoms with Crippen LogP contribution in [0.5, 0.6) is 11.5 Å². The second-order valence-corrected chi connectivity index (χ2v) is 4.94. The highest BCUT2D eigenvalue weighted by Crippen LogP contribution is 2.39. The molecular weight excluding hydrogens is 264 g/mol. The van der Waals surface area contributed by atoms with E-state index in [4.69, 9.17) is 0 Å². The summed E-state index contributed by atoms with van der Waals surface area (Å²) in [5, 5.41) is 21.5. The number of phenols is 2. The zero-order valence-electron chi connectivity index (χ0n) is 12.6. The van der Waals surface area contributed by atoms with E-state index in [1.807, 2.05) is 12.1 Å². The van der Waals surface area contributed by atoms with Crippen molar-refractivity contribution in [2.24, 2.45) is 4.99 Å². The minimum atomic E-state index is 0.113. The van der Waals surface area contributed by atoms with Gasteiger partial charge in [-0.3, -0.25) is 4.99 Å². The van der Waals surface area contributed by atoms with Crippen LogP contribution in [0.4, 0.5) is 5.69 Å². The molecule has 0 atom stereocenters. The number of rotatable bonds is 6. The van der Waals surface area contributed by atoms with Gasteiger partial charge in [-0.1, -0.05) is 38.1 Å². The third-order valence-corrected chi connectivity index (χ3v) is 3.67. The third kappa shape index (κ3) is 3.52. The highest BCUT2D eigenvalue weighted by atomic mass is 16.3. The Labute approximate surface area is 125 Å². The van der Waals surface area contributed by atoms with Gasteiger partial charge in [0, 0.05) is 29.6 Å². The number of hydrogen-bond donors (Lipinski definition) is 2. The lowest BCUT2D eigenvalue weighted by molar-refractivity contribution is 0.314. The summed E-state index contributed by atoms with van der Waals surface area (Å²) in [7, 11) is 0. The molecule has 0 aliphatic heterocycles. The summed E-state index contributed by atoms with van der Waals surface area (Å²) in [6.07, 6.45) is 2.61. The molecule has 2 N–H and O–H groups in total. The van der Waals surface area contributed by atoms with E-state index in [1.165, 1.54) is 6.07 Å². The van der Waals surface area contributed by atoms with Crippen LogP contribution in [0.1, 0.15) is 20.3 Å². The molecule has 0 unspecified atom stereocenters. The molecule has 0 aliphatic rings. The fourth-order valence-corrected chi connectivity index (χ4v) is 2.37. The lowest BCUT2D eigenvalue weighted by atomic mass is 10.1. The topological polar surface area (TPSA) is 56.1 Å². The van der Waals surface area contributed by atoms with Gasteiger partial charge in [0.15, 0.2) is 0 Å². The van der Waals surface area contributed by atoms with Crippen molar-refractivity contribution in [2.45, 2.75) is 20.3 Å². The Hall–Kier alpha value is -2.07. The van der Waals surface area contributed by atoms with E-state index in [-0.39, 0.29) is 11.5 Å². The molecule has 0 spiro atoms. The second-order valence-electron chi connectivity index (χ2n) is 4.94.